The van der Waals surface area contributed by atoms with E-state index in [1.54, 1.807) is 18.6 Å². The van der Waals surface area contributed by atoms with Crippen molar-refractivity contribution in [2.75, 3.05) is 0 Å². The molecule has 3 N–H and O–H groups in total. The van der Waals surface area contributed by atoms with Crippen molar-refractivity contribution in [3.8, 4) is 22.6 Å². The highest BCUT2D eigenvalue weighted by atomic mass is 16.5. The summed E-state index contributed by atoms with van der Waals surface area (Å²) in [5.41, 5.74) is 11.5. The number of aryl methyl sites for hydroxylation is 1. The van der Waals surface area contributed by atoms with Crippen LogP contribution in [0.4, 0.5) is 0 Å². The van der Waals surface area contributed by atoms with Gasteiger partial charge in [0.2, 0.25) is 0 Å². The SMILES string of the molecule is CCC[C@@H](OC(=O)c1cnc2ccc(-c3nc[nH]c3-c3cccc(C)n3)cc2c1)[C@@H](C)N. The van der Waals surface area contributed by atoms with E-state index in [2.05, 4.69) is 19.9 Å². The number of esters is 1. The van der Waals surface area contributed by atoms with Crippen molar-refractivity contribution in [2.45, 2.75) is 45.8 Å². The van der Waals surface area contributed by atoms with Crippen LogP contribution in [0.15, 0.2) is 55.0 Å². The molecule has 0 fully saturated rings. The minimum atomic E-state index is -0.412. The Hall–Kier alpha value is -3.58. The normalized spacial score (nSPS) is 13.1. The molecule has 0 radical (unpaired) electrons. The zero-order valence-corrected chi connectivity index (χ0v) is 18.5. The summed E-state index contributed by atoms with van der Waals surface area (Å²) in [7, 11) is 0. The average Bonchev–Trinajstić information content (AvgIpc) is 3.28. The second-order valence-electron chi connectivity index (χ2n) is 8.01. The highest BCUT2D eigenvalue weighted by Crippen LogP contribution is 2.30. The van der Waals surface area contributed by atoms with Gasteiger partial charge in [-0.25, -0.2) is 9.78 Å². The number of nitrogens with two attached hydrogens (primary N) is 1. The molecule has 0 unspecified atom stereocenters. The molecule has 3 aromatic heterocycles. The molecule has 7 heteroatoms. The van der Waals surface area contributed by atoms with Crippen LogP contribution in [-0.4, -0.2) is 38.1 Å². The monoisotopic (exact) mass is 429 g/mol. The van der Waals surface area contributed by atoms with Crippen LogP contribution in [0.2, 0.25) is 0 Å². The summed E-state index contributed by atoms with van der Waals surface area (Å²) in [6, 6.07) is 13.3. The van der Waals surface area contributed by atoms with E-state index in [4.69, 9.17) is 10.5 Å². The number of carbonyl (C=O) groups is 1. The molecular weight excluding hydrogens is 402 g/mol. The quantitative estimate of drug-likeness (QED) is 0.414. The zero-order chi connectivity index (χ0) is 22.7. The molecule has 4 rings (SSSR count). The van der Waals surface area contributed by atoms with Gasteiger partial charge in [-0.05, 0) is 50.6 Å². The van der Waals surface area contributed by atoms with Crippen LogP contribution in [0.5, 0.6) is 0 Å². The van der Waals surface area contributed by atoms with Crippen LogP contribution in [-0.2, 0) is 4.74 Å². The van der Waals surface area contributed by atoms with Gasteiger partial charge in [-0.3, -0.25) is 9.97 Å². The molecule has 3 heterocycles. The lowest BCUT2D eigenvalue weighted by Gasteiger charge is -2.20. The number of aromatic nitrogens is 4. The van der Waals surface area contributed by atoms with Gasteiger partial charge in [-0.1, -0.05) is 25.5 Å². The number of H-pyrrole nitrogens is 1. The molecule has 1 aromatic carbocycles. The number of nitrogens with zero attached hydrogens (tertiary/aromatic N) is 3. The van der Waals surface area contributed by atoms with Gasteiger partial charge in [0.15, 0.2) is 0 Å². The van der Waals surface area contributed by atoms with Crippen LogP contribution in [0.25, 0.3) is 33.5 Å². The molecule has 0 spiro atoms. The molecule has 2 atom stereocenters. The first-order valence-electron chi connectivity index (χ1n) is 10.8. The smallest absolute Gasteiger partial charge is 0.340 e. The fourth-order valence-electron chi connectivity index (χ4n) is 3.70. The number of hydrogen-bond acceptors (Lipinski definition) is 6. The molecule has 0 bridgehead atoms. The molecular formula is C25H27N5O2. The first kappa shape index (κ1) is 21.6. The largest absolute Gasteiger partial charge is 0.457 e. The Morgan fingerprint density at radius 2 is 2.03 bits per heavy atom. The van der Waals surface area contributed by atoms with E-state index in [-0.39, 0.29) is 12.1 Å². The van der Waals surface area contributed by atoms with Crippen LogP contribution >= 0.6 is 0 Å². The predicted octanol–water partition coefficient (Wildman–Crippen LogP) is 4.67. The van der Waals surface area contributed by atoms with E-state index in [1.165, 1.54) is 0 Å². The van der Waals surface area contributed by atoms with E-state index in [0.29, 0.717) is 5.56 Å². The Morgan fingerprint density at radius 3 is 2.78 bits per heavy atom. The van der Waals surface area contributed by atoms with Crippen molar-refractivity contribution in [3.05, 3.63) is 66.2 Å². The van der Waals surface area contributed by atoms with Crippen LogP contribution in [0.1, 0.15) is 42.7 Å². The van der Waals surface area contributed by atoms with Gasteiger partial charge in [0.25, 0.3) is 0 Å². The highest BCUT2D eigenvalue weighted by Gasteiger charge is 2.20. The second kappa shape index (κ2) is 9.28. The lowest BCUT2D eigenvalue weighted by Crippen LogP contribution is -2.35. The summed E-state index contributed by atoms with van der Waals surface area (Å²) >= 11 is 0. The number of aromatic amines is 1. The Balaban J connectivity index is 1.67. The van der Waals surface area contributed by atoms with Gasteiger partial charge < -0.3 is 15.5 Å². The van der Waals surface area contributed by atoms with Crippen molar-refractivity contribution in [1.82, 2.24) is 19.9 Å². The van der Waals surface area contributed by atoms with Crippen molar-refractivity contribution in [2.24, 2.45) is 5.73 Å². The Labute approximate surface area is 187 Å². The molecule has 0 saturated heterocycles. The van der Waals surface area contributed by atoms with Gasteiger partial charge in [0, 0.05) is 28.9 Å². The Kier molecular flexibility index (Phi) is 6.28. The fourth-order valence-corrected chi connectivity index (χ4v) is 3.70. The van der Waals surface area contributed by atoms with Crippen LogP contribution in [0, 0.1) is 6.92 Å². The molecule has 0 aliphatic carbocycles. The van der Waals surface area contributed by atoms with E-state index >= 15 is 0 Å². The number of fused-ring (bicyclic) bond motifs is 1. The minimum Gasteiger partial charge on any atom is -0.457 e. The molecule has 164 valence electrons. The van der Waals surface area contributed by atoms with Gasteiger partial charge in [-0.2, -0.15) is 0 Å². The van der Waals surface area contributed by atoms with E-state index in [1.807, 2.05) is 57.2 Å². The third-order valence-corrected chi connectivity index (χ3v) is 5.39. The van der Waals surface area contributed by atoms with Crippen molar-refractivity contribution < 1.29 is 9.53 Å². The van der Waals surface area contributed by atoms with E-state index in [0.717, 1.165) is 52.1 Å². The summed E-state index contributed by atoms with van der Waals surface area (Å²) in [4.78, 5) is 29.5. The predicted molar refractivity (Wildman–Crippen MR) is 125 cm³/mol. The van der Waals surface area contributed by atoms with Gasteiger partial charge >= 0.3 is 5.97 Å². The number of nitrogens with one attached hydrogen (secondary N) is 1. The Bertz CT molecular complexity index is 1250. The third kappa shape index (κ3) is 4.53. The summed E-state index contributed by atoms with van der Waals surface area (Å²) in [5, 5.41) is 0.830. The summed E-state index contributed by atoms with van der Waals surface area (Å²) in [5.74, 6) is -0.412. The number of rotatable bonds is 7. The third-order valence-electron chi connectivity index (χ3n) is 5.39. The number of carbonyl (C=O) groups excluding carboxylic acids is 1. The molecule has 0 saturated carbocycles. The lowest BCUT2D eigenvalue weighted by atomic mass is 10.0. The maximum absolute atomic E-state index is 12.7. The molecule has 0 amide bonds. The topological polar surface area (TPSA) is 107 Å². The molecule has 7 nitrogen and oxygen atoms in total. The zero-order valence-electron chi connectivity index (χ0n) is 18.5. The van der Waals surface area contributed by atoms with E-state index in [9.17, 15) is 4.79 Å². The van der Waals surface area contributed by atoms with Gasteiger partial charge in [0.05, 0.1) is 34.5 Å². The highest BCUT2D eigenvalue weighted by molar-refractivity contribution is 5.95. The fraction of sp³-hybridized carbons (Fsp3) is 0.280. The minimum absolute atomic E-state index is 0.229. The van der Waals surface area contributed by atoms with Gasteiger partial charge in [0.1, 0.15) is 6.10 Å². The first-order chi connectivity index (χ1) is 15.5. The van der Waals surface area contributed by atoms with Gasteiger partial charge in [-0.15, -0.1) is 0 Å². The van der Waals surface area contributed by atoms with Crippen molar-refractivity contribution in [3.63, 3.8) is 0 Å². The van der Waals surface area contributed by atoms with Crippen molar-refractivity contribution >= 4 is 16.9 Å². The molecule has 0 aliphatic rings. The maximum Gasteiger partial charge on any atom is 0.340 e. The molecule has 32 heavy (non-hydrogen) atoms. The average molecular weight is 430 g/mol. The number of ether oxygens (including phenoxy) is 1. The van der Waals surface area contributed by atoms with Crippen LogP contribution < -0.4 is 5.73 Å². The standard InChI is InChI=1S/C25H27N5O2/c1-4-6-22(16(3)26)32-25(31)19-12-18-11-17(9-10-20(18)27-13-19)23-24(29-14-28-23)21-8-5-7-15(2)30-21/h5,7-14,16,22H,4,6,26H2,1-3H3,(H,28,29)/t16-,22-/m1/s1. The lowest BCUT2D eigenvalue weighted by molar-refractivity contribution is 0.0228. The second-order valence-corrected chi connectivity index (χ2v) is 8.01. The summed E-state index contributed by atoms with van der Waals surface area (Å²) < 4.78 is 5.65. The van der Waals surface area contributed by atoms with Crippen molar-refractivity contribution in [1.29, 1.82) is 0 Å². The number of pyridine rings is 2. The molecule has 4 aromatic rings. The number of hydrogen-bond donors (Lipinski definition) is 2. The summed E-state index contributed by atoms with van der Waals surface area (Å²) in [6.45, 7) is 5.85. The first-order valence-corrected chi connectivity index (χ1v) is 10.8. The Morgan fingerprint density at radius 1 is 1.19 bits per heavy atom. The maximum atomic E-state index is 12.7. The van der Waals surface area contributed by atoms with Crippen LogP contribution in [0.3, 0.4) is 0 Å². The number of imidazole rings is 1. The summed E-state index contributed by atoms with van der Waals surface area (Å²) in [6.07, 6.45) is 4.50. The van der Waals surface area contributed by atoms with E-state index < -0.39 is 5.97 Å². The molecule has 0 aliphatic heterocycles. The number of benzene rings is 1.